The molecule has 0 radical (unpaired) electrons. The van der Waals surface area contributed by atoms with Crippen molar-refractivity contribution in [2.75, 3.05) is 0 Å². The molecular weight excluding hydrogens is 248 g/mol. The summed E-state index contributed by atoms with van der Waals surface area (Å²) in [6.07, 6.45) is 0.882. The molecule has 2 aliphatic rings. The van der Waals surface area contributed by atoms with Crippen molar-refractivity contribution in [1.82, 2.24) is 0 Å². The number of aliphatic hydroxyl groups is 2. The van der Waals surface area contributed by atoms with Crippen LogP contribution >= 0.6 is 0 Å². The molecule has 1 heterocycles. The van der Waals surface area contributed by atoms with Gasteiger partial charge in [0.25, 0.3) is 0 Å². The van der Waals surface area contributed by atoms with Crippen LogP contribution in [0.3, 0.4) is 0 Å². The fourth-order valence-corrected chi connectivity index (χ4v) is 2.79. The van der Waals surface area contributed by atoms with Crippen LogP contribution in [0.2, 0.25) is 0 Å². The largest absolute Gasteiger partial charge is 0.478 e. The lowest BCUT2D eigenvalue weighted by atomic mass is 9.84. The molecule has 0 aromatic carbocycles. The van der Waals surface area contributed by atoms with Gasteiger partial charge in [-0.3, -0.25) is 0 Å². The van der Waals surface area contributed by atoms with E-state index in [1.54, 1.807) is 0 Å². The topological polar surface area (TPSA) is 87.0 Å². The Hall–Kier alpha value is -1.17. The van der Waals surface area contributed by atoms with Gasteiger partial charge >= 0.3 is 5.97 Å². The fraction of sp³-hybridized carbons (Fsp3) is 0.643. The average molecular weight is 268 g/mol. The van der Waals surface area contributed by atoms with Crippen LogP contribution in [0.25, 0.3) is 0 Å². The summed E-state index contributed by atoms with van der Waals surface area (Å²) in [7, 11) is 0. The van der Waals surface area contributed by atoms with Gasteiger partial charge in [0.15, 0.2) is 0 Å². The maximum Gasteiger partial charge on any atom is 0.333 e. The number of ether oxygens (including phenoxy) is 1. The fourth-order valence-electron chi connectivity index (χ4n) is 2.79. The number of carbonyl (C=O) groups is 1. The van der Waals surface area contributed by atoms with Crippen molar-refractivity contribution in [2.24, 2.45) is 5.92 Å². The van der Waals surface area contributed by atoms with Gasteiger partial charge in [-0.25, -0.2) is 4.79 Å². The Morgan fingerprint density at radius 3 is 2.63 bits per heavy atom. The second kappa shape index (κ2) is 5.45. The normalized spacial score (nSPS) is 38.9. The van der Waals surface area contributed by atoms with E-state index in [2.05, 4.69) is 19.6 Å². The van der Waals surface area contributed by atoms with Gasteiger partial charge < -0.3 is 20.1 Å². The molecule has 5 heteroatoms. The molecule has 1 saturated heterocycles. The summed E-state index contributed by atoms with van der Waals surface area (Å²) in [5.41, 5.74) is 1.10. The summed E-state index contributed by atoms with van der Waals surface area (Å²) < 4.78 is 5.57. The molecule has 0 spiro atoms. The molecule has 0 unspecified atom stereocenters. The predicted octanol–water partition coefficient (Wildman–Crippen LogP) is 0.863. The molecule has 1 aliphatic heterocycles. The second-order valence-electron chi connectivity index (χ2n) is 5.42. The molecule has 1 fully saturated rings. The van der Waals surface area contributed by atoms with Crippen LogP contribution in [0.5, 0.6) is 0 Å². The first-order valence-corrected chi connectivity index (χ1v) is 6.51. The minimum absolute atomic E-state index is 0.111. The highest BCUT2D eigenvalue weighted by atomic mass is 16.5. The minimum atomic E-state index is -1.22. The summed E-state index contributed by atoms with van der Waals surface area (Å²) >= 11 is 0. The lowest BCUT2D eigenvalue weighted by Crippen LogP contribution is -2.37. The van der Waals surface area contributed by atoms with Gasteiger partial charge in [-0.1, -0.05) is 18.2 Å². The van der Waals surface area contributed by atoms with Gasteiger partial charge in [0.05, 0.1) is 11.7 Å². The Morgan fingerprint density at radius 2 is 2.11 bits per heavy atom. The van der Waals surface area contributed by atoms with Crippen LogP contribution in [0.4, 0.5) is 0 Å². The Balaban J connectivity index is 2.08. The van der Waals surface area contributed by atoms with E-state index in [-0.39, 0.29) is 11.5 Å². The van der Waals surface area contributed by atoms with Crippen molar-refractivity contribution in [2.45, 2.75) is 50.6 Å². The summed E-state index contributed by atoms with van der Waals surface area (Å²) in [5.74, 6) is -1.10. The van der Waals surface area contributed by atoms with E-state index < -0.39 is 30.4 Å². The highest BCUT2D eigenvalue weighted by Crippen LogP contribution is 2.36. The van der Waals surface area contributed by atoms with Crippen molar-refractivity contribution >= 4 is 5.97 Å². The number of aliphatic hydroxyl groups excluding tert-OH is 2. The number of allylic oxidation sites excluding steroid dienone is 2. The first kappa shape index (κ1) is 14.2. The monoisotopic (exact) mass is 268 g/mol. The van der Waals surface area contributed by atoms with Crippen LogP contribution in [0.1, 0.15) is 26.2 Å². The highest BCUT2D eigenvalue weighted by molar-refractivity contribution is 5.87. The number of carboxylic acids is 1. The van der Waals surface area contributed by atoms with Crippen molar-refractivity contribution in [3.05, 3.63) is 23.8 Å². The standard InChI is InChI=1S/C14H20O5/c1-7-3-5-9(6-4-7)13-11(16)10(15)12(19-13)8(2)14(17)18/h3,9-13,15-16H,2,4-6H2,1H3,(H,17,18)/t9-,10+,11-,12-,13+/m1/s1. The van der Waals surface area contributed by atoms with Gasteiger partial charge in [-0.2, -0.15) is 0 Å². The zero-order valence-electron chi connectivity index (χ0n) is 11.0. The zero-order chi connectivity index (χ0) is 14.2. The van der Waals surface area contributed by atoms with E-state index in [1.165, 1.54) is 5.57 Å². The number of carboxylic acid groups (broad SMARTS) is 1. The van der Waals surface area contributed by atoms with Crippen LogP contribution in [0, 0.1) is 5.92 Å². The van der Waals surface area contributed by atoms with E-state index in [0.29, 0.717) is 0 Å². The third-order valence-electron chi connectivity index (χ3n) is 4.06. The molecule has 1 aliphatic carbocycles. The maximum absolute atomic E-state index is 10.9. The van der Waals surface area contributed by atoms with E-state index in [4.69, 9.17) is 9.84 Å². The lowest BCUT2D eigenvalue weighted by Gasteiger charge is -2.27. The first-order chi connectivity index (χ1) is 8.91. The molecule has 3 N–H and O–H groups in total. The molecule has 0 bridgehead atoms. The molecule has 2 rings (SSSR count). The van der Waals surface area contributed by atoms with Gasteiger partial charge in [0.2, 0.25) is 0 Å². The van der Waals surface area contributed by atoms with Crippen molar-refractivity contribution in [3.8, 4) is 0 Å². The molecule has 5 nitrogen and oxygen atoms in total. The molecule has 106 valence electrons. The quantitative estimate of drug-likeness (QED) is 0.522. The number of hydrogen-bond donors (Lipinski definition) is 3. The highest BCUT2D eigenvalue weighted by Gasteiger charge is 2.48. The van der Waals surface area contributed by atoms with E-state index in [9.17, 15) is 15.0 Å². The molecule has 5 atom stereocenters. The van der Waals surface area contributed by atoms with Crippen LogP contribution < -0.4 is 0 Å². The van der Waals surface area contributed by atoms with Crippen LogP contribution in [-0.2, 0) is 9.53 Å². The van der Waals surface area contributed by atoms with Crippen LogP contribution in [-0.4, -0.2) is 45.7 Å². The molecule has 0 saturated carbocycles. The second-order valence-corrected chi connectivity index (χ2v) is 5.42. The first-order valence-electron chi connectivity index (χ1n) is 6.51. The van der Waals surface area contributed by atoms with Crippen LogP contribution in [0.15, 0.2) is 23.8 Å². The Kier molecular flexibility index (Phi) is 4.08. The maximum atomic E-state index is 10.9. The third-order valence-corrected chi connectivity index (χ3v) is 4.06. The third kappa shape index (κ3) is 2.73. The number of aliphatic carboxylic acids is 1. The van der Waals surface area contributed by atoms with Crippen molar-refractivity contribution in [1.29, 1.82) is 0 Å². The average Bonchev–Trinajstić information content (AvgIpc) is 2.67. The smallest absolute Gasteiger partial charge is 0.333 e. The summed E-state index contributed by atoms with van der Waals surface area (Å²) in [6.45, 7) is 5.47. The predicted molar refractivity (Wildman–Crippen MR) is 68.5 cm³/mol. The summed E-state index contributed by atoms with van der Waals surface area (Å²) in [6, 6.07) is 0. The molecule has 19 heavy (non-hydrogen) atoms. The lowest BCUT2D eigenvalue weighted by molar-refractivity contribution is -0.134. The minimum Gasteiger partial charge on any atom is -0.478 e. The zero-order valence-corrected chi connectivity index (χ0v) is 11.0. The van der Waals surface area contributed by atoms with Crippen molar-refractivity contribution in [3.63, 3.8) is 0 Å². The summed E-state index contributed by atoms with van der Waals surface area (Å²) in [5, 5.41) is 28.9. The van der Waals surface area contributed by atoms with Crippen molar-refractivity contribution < 1.29 is 24.9 Å². The van der Waals surface area contributed by atoms with Gasteiger partial charge in [0.1, 0.15) is 18.3 Å². The Morgan fingerprint density at radius 1 is 1.42 bits per heavy atom. The molecule has 0 aromatic rings. The number of rotatable bonds is 3. The Bertz CT molecular complexity index is 414. The molecule has 0 aromatic heterocycles. The summed E-state index contributed by atoms with van der Waals surface area (Å²) in [4.78, 5) is 10.9. The molecular formula is C14H20O5. The van der Waals surface area contributed by atoms with E-state index in [0.717, 1.165) is 19.3 Å². The van der Waals surface area contributed by atoms with Gasteiger partial charge in [-0.05, 0) is 32.1 Å². The van der Waals surface area contributed by atoms with Gasteiger partial charge in [0, 0.05) is 0 Å². The van der Waals surface area contributed by atoms with Gasteiger partial charge in [-0.15, -0.1) is 0 Å². The van der Waals surface area contributed by atoms with E-state index in [1.807, 2.05) is 0 Å². The van der Waals surface area contributed by atoms with E-state index >= 15 is 0 Å². The SMILES string of the molecule is C=C(C(=O)O)[C@H]1O[C@@H]([C@@H]2CC=C(C)CC2)[C@H](O)[C@@H]1O. The number of hydrogen-bond acceptors (Lipinski definition) is 4. The molecule has 0 amide bonds. The Labute approximate surface area is 112 Å².